The van der Waals surface area contributed by atoms with E-state index in [2.05, 4.69) is 6.92 Å². The molecule has 4 rings (SSSR count). The third-order valence-electron chi connectivity index (χ3n) is 8.38. The van der Waals surface area contributed by atoms with Gasteiger partial charge in [0, 0.05) is 5.92 Å². The van der Waals surface area contributed by atoms with Crippen LogP contribution in [-0.2, 0) is 14.3 Å². The van der Waals surface area contributed by atoms with Crippen molar-refractivity contribution in [2.45, 2.75) is 83.8 Å². The molecule has 0 amide bonds. The largest absolute Gasteiger partial charge is 0.481 e. The van der Waals surface area contributed by atoms with Crippen molar-refractivity contribution in [1.82, 2.24) is 0 Å². The maximum Gasteiger partial charge on any atom is 0.309 e. The molecule has 0 aromatic rings. The number of aliphatic carboxylic acids is 1. The molecule has 1 spiro atoms. The molecule has 1 heterocycles. The first-order chi connectivity index (χ1) is 11.5. The summed E-state index contributed by atoms with van der Waals surface area (Å²) < 4.78 is 5.66. The highest BCUT2D eigenvalue weighted by atomic mass is 16.6. The predicted octanol–water partition coefficient (Wildman–Crippen LogP) is 3.14. The average Bonchev–Trinajstić information content (AvgIpc) is 2.43. The third kappa shape index (κ3) is 2.17. The molecule has 140 valence electrons. The highest BCUT2D eigenvalue weighted by molar-refractivity contribution is 5.75. The van der Waals surface area contributed by atoms with Gasteiger partial charge in [0.25, 0.3) is 0 Å². The lowest BCUT2D eigenvalue weighted by Crippen LogP contribution is -2.67. The van der Waals surface area contributed by atoms with E-state index in [-0.39, 0.29) is 28.6 Å². The van der Waals surface area contributed by atoms with Gasteiger partial charge in [-0.25, -0.2) is 0 Å². The Morgan fingerprint density at radius 3 is 2.60 bits per heavy atom. The molecule has 3 saturated carbocycles. The lowest BCUT2D eigenvalue weighted by molar-refractivity contribution is -0.251. The summed E-state index contributed by atoms with van der Waals surface area (Å²) in [7, 11) is 0. The second kappa shape index (κ2) is 4.99. The van der Waals surface area contributed by atoms with E-state index in [0.717, 1.165) is 32.1 Å². The van der Waals surface area contributed by atoms with E-state index in [1.807, 2.05) is 13.8 Å². The molecular formula is C20H30O5. The van der Waals surface area contributed by atoms with Crippen molar-refractivity contribution in [1.29, 1.82) is 0 Å². The lowest BCUT2D eigenvalue weighted by atomic mass is 9.38. The van der Waals surface area contributed by atoms with Crippen molar-refractivity contribution in [3.63, 3.8) is 0 Å². The van der Waals surface area contributed by atoms with Gasteiger partial charge in [-0.15, -0.1) is 0 Å². The summed E-state index contributed by atoms with van der Waals surface area (Å²) in [5, 5.41) is 21.1. The molecule has 7 atom stereocenters. The van der Waals surface area contributed by atoms with E-state index in [0.29, 0.717) is 19.3 Å². The van der Waals surface area contributed by atoms with Gasteiger partial charge in [0.2, 0.25) is 0 Å². The maximum absolute atomic E-state index is 12.3. The number of carboxylic acids is 1. The van der Waals surface area contributed by atoms with Crippen molar-refractivity contribution in [2.24, 2.45) is 28.1 Å². The maximum atomic E-state index is 12.3. The minimum absolute atomic E-state index is 0.149. The topological polar surface area (TPSA) is 83.8 Å². The number of ether oxygens (including phenoxy) is 1. The van der Waals surface area contributed by atoms with Crippen LogP contribution in [0.5, 0.6) is 0 Å². The molecule has 0 aromatic heterocycles. The van der Waals surface area contributed by atoms with Gasteiger partial charge < -0.3 is 14.9 Å². The van der Waals surface area contributed by atoms with E-state index in [9.17, 15) is 19.8 Å². The summed E-state index contributed by atoms with van der Waals surface area (Å²) in [5.74, 6) is -0.899. The first-order valence-electron chi connectivity index (χ1n) is 9.68. The Morgan fingerprint density at radius 2 is 1.92 bits per heavy atom. The van der Waals surface area contributed by atoms with Crippen molar-refractivity contribution in [2.75, 3.05) is 0 Å². The zero-order valence-electron chi connectivity index (χ0n) is 15.5. The van der Waals surface area contributed by atoms with Crippen LogP contribution in [-0.4, -0.2) is 33.9 Å². The van der Waals surface area contributed by atoms with E-state index in [1.54, 1.807) is 0 Å². The molecule has 5 nitrogen and oxygen atoms in total. The van der Waals surface area contributed by atoms with E-state index < -0.39 is 23.1 Å². The van der Waals surface area contributed by atoms with E-state index >= 15 is 0 Å². The first kappa shape index (κ1) is 17.3. The van der Waals surface area contributed by atoms with Gasteiger partial charge in [0.15, 0.2) is 0 Å². The van der Waals surface area contributed by atoms with Gasteiger partial charge in [-0.3, -0.25) is 9.59 Å². The number of hydrogen-bond donors (Lipinski definition) is 2. The minimum atomic E-state index is -0.885. The number of carboxylic acid groups (broad SMARTS) is 1. The molecule has 0 unspecified atom stereocenters. The Morgan fingerprint density at radius 1 is 1.20 bits per heavy atom. The van der Waals surface area contributed by atoms with Crippen LogP contribution in [0.1, 0.15) is 72.1 Å². The lowest BCUT2D eigenvalue weighted by Gasteiger charge is -2.68. The van der Waals surface area contributed by atoms with Gasteiger partial charge >= 0.3 is 11.9 Å². The number of aliphatic hydroxyl groups is 1. The van der Waals surface area contributed by atoms with Gasteiger partial charge in [-0.1, -0.05) is 13.3 Å². The second-order valence-corrected chi connectivity index (χ2v) is 10.1. The summed E-state index contributed by atoms with van der Waals surface area (Å²) in [6, 6.07) is 0. The Labute approximate surface area is 149 Å². The molecule has 3 aliphatic carbocycles. The molecule has 4 fully saturated rings. The minimum Gasteiger partial charge on any atom is -0.481 e. The molecule has 0 aromatic carbocycles. The Balaban J connectivity index is 1.80. The molecule has 2 N–H and O–H groups in total. The fraction of sp³-hybridized carbons (Fsp3) is 0.900. The molecule has 25 heavy (non-hydrogen) atoms. The monoisotopic (exact) mass is 350 g/mol. The van der Waals surface area contributed by atoms with Crippen molar-refractivity contribution in [3.05, 3.63) is 0 Å². The van der Waals surface area contributed by atoms with Gasteiger partial charge in [-0.05, 0) is 69.1 Å². The molecule has 1 aliphatic heterocycles. The number of rotatable bonds is 1. The van der Waals surface area contributed by atoms with Crippen molar-refractivity contribution in [3.8, 4) is 0 Å². The van der Waals surface area contributed by atoms with Gasteiger partial charge in [0.1, 0.15) is 5.60 Å². The van der Waals surface area contributed by atoms with Gasteiger partial charge in [0.05, 0.1) is 17.9 Å². The first-order valence-corrected chi connectivity index (χ1v) is 9.68. The Hall–Kier alpha value is -1.10. The van der Waals surface area contributed by atoms with Crippen LogP contribution < -0.4 is 0 Å². The standard InChI is InChI=1S/C20H30O5/c1-17-8-5-13-18(2)6-4-7-19(3,16(23)24)15(18)12(21)9-20(13,11-17)10-14(22)25-17/h12-13,15,21H,4-11H2,1-3H3,(H,23,24)/t12-,13+,15+,17-,18-,19-,20-/m0/s1. The number of fused-ring (bicyclic) bond motifs is 3. The van der Waals surface area contributed by atoms with E-state index in [1.165, 1.54) is 0 Å². The molecule has 2 bridgehead atoms. The Kier molecular flexibility index (Phi) is 3.46. The van der Waals surface area contributed by atoms with Crippen LogP contribution in [0.25, 0.3) is 0 Å². The highest BCUT2D eigenvalue weighted by Crippen LogP contribution is 2.70. The molecular weight excluding hydrogens is 320 g/mol. The number of carbonyl (C=O) groups excluding carboxylic acids is 1. The fourth-order valence-corrected chi connectivity index (χ4v) is 7.80. The van der Waals surface area contributed by atoms with Crippen LogP contribution in [0.3, 0.4) is 0 Å². The number of esters is 1. The van der Waals surface area contributed by atoms with Crippen LogP contribution in [0.15, 0.2) is 0 Å². The van der Waals surface area contributed by atoms with E-state index in [4.69, 9.17) is 4.74 Å². The summed E-state index contributed by atoms with van der Waals surface area (Å²) in [5.41, 5.74) is -1.77. The Bertz CT molecular complexity index is 632. The average molecular weight is 350 g/mol. The second-order valence-electron chi connectivity index (χ2n) is 10.1. The smallest absolute Gasteiger partial charge is 0.309 e. The van der Waals surface area contributed by atoms with Gasteiger partial charge in [-0.2, -0.15) is 0 Å². The predicted molar refractivity (Wildman–Crippen MR) is 90.7 cm³/mol. The summed E-state index contributed by atoms with van der Waals surface area (Å²) in [6.45, 7) is 6.03. The molecule has 5 heteroatoms. The summed E-state index contributed by atoms with van der Waals surface area (Å²) in [4.78, 5) is 24.4. The van der Waals surface area contributed by atoms with Crippen LogP contribution >= 0.6 is 0 Å². The van der Waals surface area contributed by atoms with Crippen LogP contribution in [0, 0.1) is 28.1 Å². The number of hydrogen-bond acceptors (Lipinski definition) is 4. The quantitative estimate of drug-likeness (QED) is 0.710. The third-order valence-corrected chi connectivity index (χ3v) is 8.38. The number of aliphatic hydroxyl groups excluding tert-OH is 1. The van der Waals surface area contributed by atoms with Crippen molar-refractivity contribution < 1.29 is 24.5 Å². The molecule has 1 saturated heterocycles. The van der Waals surface area contributed by atoms with Crippen molar-refractivity contribution >= 4 is 11.9 Å². The fourth-order valence-electron chi connectivity index (χ4n) is 7.80. The molecule has 0 radical (unpaired) electrons. The van der Waals surface area contributed by atoms with Crippen LogP contribution in [0.4, 0.5) is 0 Å². The zero-order valence-corrected chi connectivity index (χ0v) is 15.5. The normalized spacial score (nSPS) is 54.9. The SMILES string of the molecule is C[C@@]12CC[C@H]3[C@](CC(=O)O1)(C[C@H](O)[C@@H]1[C@@]3(C)CCC[C@]1(C)C(=O)O)C2. The zero-order chi connectivity index (χ0) is 18.3. The summed E-state index contributed by atoms with van der Waals surface area (Å²) >= 11 is 0. The summed E-state index contributed by atoms with van der Waals surface area (Å²) in [6.07, 6.45) is 5.27. The number of carbonyl (C=O) groups is 2. The highest BCUT2D eigenvalue weighted by Gasteiger charge is 2.69. The molecule has 4 aliphatic rings. The van der Waals surface area contributed by atoms with Crippen LogP contribution in [0.2, 0.25) is 0 Å².